The Bertz CT molecular complexity index is 416. The Labute approximate surface area is 122 Å². The van der Waals surface area contributed by atoms with E-state index in [-0.39, 0.29) is 10.8 Å². The first-order valence-electron chi connectivity index (χ1n) is 6.53. The second kappa shape index (κ2) is 5.84. The predicted molar refractivity (Wildman–Crippen MR) is 82.8 cm³/mol. The second-order valence-electron chi connectivity index (χ2n) is 6.43. The number of hydrogen-bond acceptors (Lipinski definition) is 0. The topological polar surface area (TPSA) is 0 Å². The smallest absolute Gasteiger partial charge is 0.0602 e. The first-order chi connectivity index (χ1) is 8.12. The van der Waals surface area contributed by atoms with Crippen LogP contribution in [0.3, 0.4) is 0 Å². The molecule has 0 aliphatic carbocycles. The highest BCUT2D eigenvalue weighted by molar-refractivity contribution is 6.32. The van der Waals surface area contributed by atoms with Crippen LogP contribution in [0, 0.1) is 25.2 Å². The highest BCUT2D eigenvalue weighted by atomic mass is 35.5. The van der Waals surface area contributed by atoms with Crippen molar-refractivity contribution in [2.24, 2.45) is 11.3 Å². The molecule has 0 heterocycles. The summed E-state index contributed by atoms with van der Waals surface area (Å²) >= 11 is 12.9. The molecule has 0 saturated heterocycles. The summed E-state index contributed by atoms with van der Waals surface area (Å²) in [6, 6.07) is 4.15. The van der Waals surface area contributed by atoms with Gasteiger partial charge in [0.2, 0.25) is 0 Å². The maximum absolute atomic E-state index is 6.55. The first-order valence-corrected chi connectivity index (χ1v) is 7.35. The molecule has 1 aromatic rings. The van der Waals surface area contributed by atoms with Crippen molar-refractivity contribution in [2.75, 3.05) is 0 Å². The Morgan fingerprint density at radius 3 is 2.11 bits per heavy atom. The maximum atomic E-state index is 6.55. The van der Waals surface area contributed by atoms with E-state index < -0.39 is 0 Å². The maximum Gasteiger partial charge on any atom is 0.0602 e. The lowest BCUT2D eigenvalue weighted by molar-refractivity contribution is 0.245. The van der Waals surface area contributed by atoms with Gasteiger partial charge in [-0.05, 0) is 54.4 Å². The summed E-state index contributed by atoms with van der Waals surface area (Å²) in [5.41, 5.74) is 3.82. The summed E-state index contributed by atoms with van der Waals surface area (Å²) < 4.78 is 0. The summed E-state index contributed by atoms with van der Waals surface area (Å²) in [6.07, 6.45) is 0.952. The first kappa shape index (κ1) is 15.9. The number of aryl methyl sites for hydroxylation is 2. The fourth-order valence-corrected chi connectivity index (χ4v) is 2.69. The number of rotatable bonds is 3. The van der Waals surface area contributed by atoms with Gasteiger partial charge in [0.05, 0.1) is 5.38 Å². The van der Waals surface area contributed by atoms with E-state index in [0.717, 1.165) is 17.0 Å². The molecule has 1 aromatic carbocycles. The minimum atomic E-state index is -0.00831. The van der Waals surface area contributed by atoms with Crippen molar-refractivity contribution in [3.63, 3.8) is 0 Å². The largest absolute Gasteiger partial charge is 0.118 e. The van der Waals surface area contributed by atoms with Gasteiger partial charge < -0.3 is 0 Å². The predicted octanol–water partition coefficient (Wildman–Crippen LogP) is 6.31. The van der Waals surface area contributed by atoms with Crippen LogP contribution in [0.25, 0.3) is 0 Å². The molecule has 2 atom stereocenters. The molecule has 0 bridgehead atoms. The van der Waals surface area contributed by atoms with Gasteiger partial charge in [0, 0.05) is 5.02 Å². The minimum Gasteiger partial charge on any atom is -0.118 e. The fourth-order valence-electron chi connectivity index (χ4n) is 1.83. The quantitative estimate of drug-likeness (QED) is 0.571. The molecule has 102 valence electrons. The summed E-state index contributed by atoms with van der Waals surface area (Å²) in [7, 11) is 0. The molecule has 0 amide bonds. The third-order valence-electron chi connectivity index (χ3n) is 3.99. The van der Waals surface area contributed by atoms with Crippen LogP contribution in [0.2, 0.25) is 5.02 Å². The van der Waals surface area contributed by atoms with Gasteiger partial charge in [-0.1, -0.05) is 45.4 Å². The van der Waals surface area contributed by atoms with Crippen molar-refractivity contribution in [1.82, 2.24) is 0 Å². The zero-order valence-electron chi connectivity index (χ0n) is 12.3. The van der Waals surface area contributed by atoms with Crippen LogP contribution < -0.4 is 0 Å². The average molecular weight is 287 g/mol. The highest BCUT2D eigenvalue weighted by Gasteiger charge is 2.24. The zero-order valence-corrected chi connectivity index (χ0v) is 13.8. The second-order valence-corrected chi connectivity index (χ2v) is 7.36. The van der Waals surface area contributed by atoms with Crippen molar-refractivity contribution in [3.8, 4) is 0 Å². The summed E-state index contributed by atoms with van der Waals surface area (Å²) in [6.45, 7) is 13.2. The lowest BCUT2D eigenvalue weighted by atomic mass is 9.78. The average Bonchev–Trinajstić information content (AvgIpc) is 2.21. The zero-order chi connectivity index (χ0) is 14.1. The molecular weight excluding hydrogens is 263 g/mol. The molecule has 0 radical (unpaired) electrons. The number of hydrogen-bond donors (Lipinski definition) is 0. The lowest BCUT2D eigenvalue weighted by Gasteiger charge is -2.29. The van der Waals surface area contributed by atoms with Gasteiger partial charge in [-0.15, -0.1) is 11.6 Å². The number of alkyl halides is 1. The van der Waals surface area contributed by atoms with E-state index in [4.69, 9.17) is 23.2 Å². The van der Waals surface area contributed by atoms with E-state index in [1.165, 1.54) is 11.1 Å². The SMILES string of the molecule is Cc1cc(Cl)c(C(Cl)CC(C)C(C)(C)C)cc1C. The molecule has 0 N–H and O–H groups in total. The van der Waals surface area contributed by atoms with Crippen LogP contribution in [-0.4, -0.2) is 0 Å². The van der Waals surface area contributed by atoms with Crippen molar-refractivity contribution in [3.05, 3.63) is 33.8 Å². The van der Waals surface area contributed by atoms with Crippen molar-refractivity contribution < 1.29 is 0 Å². The van der Waals surface area contributed by atoms with Crippen molar-refractivity contribution >= 4 is 23.2 Å². The Kier molecular flexibility index (Phi) is 5.14. The molecule has 2 heteroatoms. The molecule has 1 rings (SSSR count). The molecule has 0 aromatic heterocycles. The third-order valence-corrected chi connectivity index (χ3v) is 4.73. The highest BCUT2D eigenvalue weighted by Crippen LogP contribution is 2.39. The van der Waals surface area contributed by atoms with Crippen LogP contribution in [0.15, 0.2) is 12.1 Å². The molecular formula is C16H24Cl2. The number of halogens is 2. The van der Waals surface area contributed by atoms with Crippen LogP contribution in [-0.2, 0) is 0 Å². The van der Waals surface area contributed by atoms with Gasteiger partial charge in [-0.25, -0.2) is 0 Å². The van der Waals surface area contributed by atoms with E-state index in [1.54, 1.807) is 0 Å². The molecule has 0 nitrogen and oxygen atoms in total. The van der Waals surface area contributed by atoms with Gasteiger partial charge >= 0.3 is 0 Å². The van der Waals surface area contributed by atoms with Crippen LogP contribution in [0.1, 0.15) is 56.2 Å². The van der Waals surface area contributed by atoms with Crippen molar-refractivity contribution in [1.29, 1.82) is 0 Å². The Balaban J connectivity index is 2.91. The van der Waals surface area contributed by atoms with E-state index in [1.807, 2.05) is 6.07 Å². The summed E-state index contributed by atoms with van der Waals surface area (Å²) in [5, 5.41) is 0.783. The summed E-state index contributed by atoms with van der Waals surface area (Å²) in [4.78, 5) is 0. The van der Waals surface area contributed by atoms with Crippen LogP contribution in [0.4, 0.5) is 0 Å². The van der Waals surface area contributed by atoms with E-state index in [0.29, 0.717) is 5.92 Å². The Morgan fingerprint density at radius 1 is 1.11 bits per heavy atom. The van der Waals surface area contributed by atoms with Crippen molar-refractivity contribution in [2.45, 2.75) is 53.3 Å². The minimum absolute atomic E-state index is 0.00831. The molecule has 0 spiro atoms. The molecule has 0 aliphatic heterocycles. The van der Waals surface area contributed by atoms with E-state index in [2.05, 4.69) is 47.6 Å². The van der Waals surface area contributed by atoms with E-state index >= 15 is 0 Å². The lowest BCUT2D eigenvalue weighted by Crippen LogP contribution is -2.18. The molecule has 0 fully saturated rings. The van der Waals surface area contributed by atoms with Gasteiger partial charge in [0.25, 0.3) is 0 Å². The number of benzene rings is 1. The van der Waals surface area contributed by atoms with Gasteiger partial charge in [-0.3, -0.25) is 0 Å². The molecule has 0 aliphatic rings. The fraction of sp³-hybridized carbons (Fsp3) is 0.625. The normalized spacial score (nSPS) is 15.6. The standard InChI is InChI=1S/C16H24Cl2/c1-10-7-13(14(17)8-11(10)2)15(18)9-12(3)16(4,5)6/h7-8,12,15H,9H2,1-6H3. The third kappa shape index (κ3) is 3.90. The van der Waals surface area contributed by atoms with Gasteiger partial charge in [-0.2, -0.15) is 0 Å². The summed E-state index contributed by atoms with van der Waals surface area (Å²) in [5.74, 6) is 0.553. The molecule has 18 heavy (non-hydrogen) atoms. The Hall–Kier alpha value is -0.200. The van der Waals surface area contributed by atoms with E-state index in [9.17, 15) is 0 Å². The van der Waals surface area contributed by atoms with Gasteiger partial charge in [0.15, 0.2) is 0 Å². The molecule has 0 saturated carbocycles. The molecule has 2 unspecified atom stereocenters. The monoisotopic (exact) mass is 286 g/mol. The Morgan fingerprint density at radius 2 is 1.61 bits per heavy atom. The van der Waals surface area contributed by atoms with Crippen LogP contribution >= 0.6 is 23.2 Å². The van der Waals surface area contributed by atoms with Gasteiger partial charge in [0.1, 0.15) is 0 Å². The van der Waals surface area contributed by atoms with Crippen LogP contribution in [0.5, 0.6) is 0 Å².